The van der Waals surface area contributed by atoms with Crippen molar-refractivity contribution in [2.24, 2.45) is 0 Å². The molecule has 1 N–H and O–H groups in total. The molecule has 0 radical (unpaired) electrons. The van der Waals surface area contributed by atoms with E-state index in [2.05, 4.69) is 4.98 Å². The number of allylic oxidation sites excluding steroid dienone is 3. The molecule has 0 unspecified atom stereocenters. The van der Waals surface area contributed by atoms with Gasteiger partial charge in [0.1, 0.15) is 17.3 Å². The minimum atomic E-state index is 0.703. The molecule has 3 rings (SSSR count). The molecule has 0 saturated carbocycles. The SMILES string of the molecule is COc1ccc(-c2nc(/C=C/C=C\C#N)[nH]c2-c2ccc(OC)cc2)cc1. The minimum Gasteiger partial charge on any atom is -0.497 e. The molecule has 0 aliphatic carbocycles. The van der Waals surface area contributed by atoms with Gasteiger partial charge in [-0.25, -0.2) is 4.98 Å². The molecule has 0 saturated heterocycles. The van der Waals surface area contributed by atoms with Gasteiger partial charge in [0.2, 0.25) is 0 Å². The van der Waals surface area contributed by atoms with Gasteiger partial charge in [0.05, 0.1) is 31.7 Å². The van der Waals surface area contributed by atoms with Gasteiger partial charge < -0.3 is 14.5 Å². The third-order valence-electron chi connectivity index (χ3n) is 4.00. The lowest BCUT2D eigenvalue weighted by atomic mass is 10.0. The van der Waals surface area contributed by atoms with Crippen LogP contribution in [-0.4, -0.2) is 24.2 Å². The predicted molar refractivity (Wildman–Crippen MR) is 106 cm³/mol. The molecule has 5 nitrogen and oxygen atoms in total. The Bertz CT molecular complexity index is 927. The molecule has 0 aliphatic heterocycles. The average molecular weight is 357 g/mol. The Morgan fingerprint density at radius 1 is 0.889 bits per heavy atom. The first-order chi connectivity index (χ1) is 13.2. The first-order valence-corrected chi connectivity index (χ1v) is 8.37. The van der Waals surface area contributed by atoms with Crippen LogP contribution in [0.15, 0.2) is 66.8 Å². The second-order valence-electron chi connectivity index (χ2n) is 5.65. The van der Waals surface area contributed by atoms with Crippen LogP contribution in [0.3, 0.4) is 0 Å². The number of ether oxygens (including phenoxy) is 2. The normalized spacial score (nSPS) is 11.0. The number of methoxy groups -OCH3 is 2. The molecule has 0 amide bonds. The molecule has 134 valence electrons. The quantitative estimate of drug-likeness (QED) is 0.505. The summed E-state index contributed by atoms with van der Waals surface area (Å²) in [7, 11) is 3.29. The monoisotopic (exact) mass is 357 g/mol. The molecular formula is C22H19N3O2. The molecule has 3 aromatic rings. The van der Waals surface area contributed by atoms with E-state index in [1.807, 2.05) is 60.7 Å². The van der Waals surface area contributed by atoms with E-state index in [0.717, 1.165) is 34.0 Å². The maximum Gasteiger partial charge on any atom is 0.131 e. The number of aromatic amines is 1. The Morgan fingerprint density at radius 2 is 1.48 bits per heavy atom. The number of benzene rings is 2. The van der Waals surface area contributed by atoms with Crippen molar-refractivity contribution in [3.05, 3.63) is 72.6 Å². The van der Waals surface area contributed by atoms with Crippen LogP contribution in [0.4, 0.5) is 0 Å². The van der Waals surface area contributed by atoms with Crippen molar-refractivity contribution < 1.29 is 9.47 Å². The molecule has 0 fully saturated rings. The molecule has 0 atom stereocenters. The van der Waals surface area contributed by atoms with E-state index in [0.29, 0.717) is 5.82 Å². The highest BCUT2D eigenvalue weighted by atomic mass is 16.5. The molecular weight excluding hydrogens is 338 g/mol. The fraction of sp³-hybridized carbons (Fsp3) is 0.0909. The van der Waals surface area contributed by atoms with Crippen molar-refractivity contribution in [3.63, 3.8) is 0 Å². The Kier molecular flexibility index (Phi) is 5.70. The van der Waals surface area contributed by atoms with Gasteiger partial charge in [0.25, 0.3) is 0 Å². The van der Waals surface area contributed by atoms with Crippen LogP contribution in [-0.2, 0) is 0 Å². The van der Waals surface area contributed by atoms with Crippen molar-refractivity contribution in [2.45, 2.75) is 0 Å². The zero-order valence-corrected chi connectivity index (χ0v) is 15.1. The maximum atomic E-state index is 8.58. The second kappa shape index (κ2) is 8.54. The third kappa shape index (κ3) is 4.25. The molecule has 0 bridgehead atoms. The summed E-state index contributed by atoms with van der Waals surface area (Å²) < 4.78 is 10.5. The third-order valence-corrected chi connectivity index (χ3v) is 4.00. The van der Waals surface area contributed by atoms with E-state index >= 15 is 0 Å². The van der Waals surface area contributed by atoms with Gasteiger partial charge in [-0.15, -0.1) is 0 Å². The van der Waals surface area contributed by atoms with Crippen molar-refractivity contribution in [1.29, 1.82) is 5.26 Å². The van der Waals surface area contributed by atoms with E-state index in [1.54, 1.807) is 26.4 Å². The smallest absolute Gasteiger partial charge is 0.131 e. The number of rotatable bonds is 6. The standard InChI is InChI=1S/C22H19N3O2/c1-26-18-11-7-16(8-12-18)21-22(17-9-13-19(27-2)14-10-17)25-20(24-21)6-4-3-5-15-23/h3-14H,1-2H3,(H,24,25)/b5-3-,6-4+. The highest BCUT2D eigenvalue weighted by Gasteiger charge is 2.13. The van der Waals surface area contributed by atoms with Crippen molar-refractivity contribution in [3.8, 4) is 40.1 Å². The summed E-state index contributed by atoms with van der Waals surface area (Å²) in [6.07, 6.45) is 6.68. The minimum absolute atomic E-state index is 0.703. The number of nitriles is 1. The number of imidazole rings is 1. The zero-order chi connectivity index (χ0) is 19.1. The zero-order valence-electron chi connectivity index (χ0n) is 15.1. The summed E-state index contributed by atoms with van der Waals surface area (Å²) in [5.74, 6) is 2.29. The van der Waals surface area contributed by atoms with Gasteiger partial charge in [-0.3, -0.25) is 0 Å². The number of hydrogen-bond acceptors (Lipinski definition) is 4. The summed E-state index contributed by atoms with van der Waals surface area (Å²) in [6, 6.07) is 17.5. The van der Waals surface area contributed by atoms with Crippen LogP contribution in [0.25, 0.3) is 28.6 Å². The van der Waals surface area contributed by atoms with Crippen LogP contribution >= 0.6 is 0 Å². The Morgan fingerprint density at radius 3 is 2.04 bits per heavy atom. The lowest BCUT2D eigenvalue weighted by molar-refractivity contribution is 0.414. The number of aromatic nitrogens is 2. The molecule has 5 heteroatoms. The molecule has 2 aromatic carbocycles. The van der Waals surface area contributed by atoms with E-state index in [1.165, 1.54) is 6.08 Å². The summed E-state index contributed by atoms with van der Waals surface area (Å²) in [4.78, 5) is 8.07. The lowest BCUT2D eigenvalue weighted by Crippen LogP contribution is -1.87. The summed E-state index contributed by atoms with van der Waals surface area (Å²) in [5.41, 5.74) is 3.73. The van der Waals surface area contributed by atoms with Crippen LogP contribution in [0.5, 0.6) is 11.5 Å². The Balaban J connectivity index is 2.05. The number of nitrogens with zero attached hydrogens (tertiary/aromatic N) is 2. The maximum absolute atomic E-state index is 8.58. The van der Waals surface area contributed by atoms with Gasteiger partial charge in [-0.05, 0) is 54.6 Å². The Labute approximate surface area is 158 Å². The fourth-order valence-corrected chi connectivity index (χ4v) is 2.64. The van der Waals surface area contributed by atoms with Crippen LogP contribution < -0.4 is 9.47 Å². The molecule has 0 aliphatic rings. The molecule has 1 heterocycles. The molecule has 27 heavy (non-hydrogen) atoms. The lowest BCUT2D eigenvalue weighted by Gasteiger charge is -2.06. The van der Waals surface area contributed by atoms with E-state index < -0.39 is 0 Å². The number of H-pyrrole nitrogens is 1. The van der Waals surface area contributed by atoms with E-state index in [9.17, 15) is 0 Å². The largest absolute Gasteiger partial charge is 0.497 e. The van der Waals surface area contributed by atoms with Gasteiger partial charge in [0, 0.05) is 17.2 Å². The van der Waals surface area contributed by atoms with E-state index in [4.69, 9.17) is 19.7 Å². The van der Waals surface area contributed by atoms with E-state index in [-0.39, 0.29) is 0 Å². The summed E-state index contributed by atoms with van der Waals surface area (Å²) in [6.45, 7) is 0. The van der Waals surface area contributed by atoms with Gasteiger partial charge in [-0.2, -0.15) is 5.26 Å². The topological polar surface area (TPSA) is 70.9 Å². The fourth-order valence-electron chi connectivity index (χ4n) is 2.64. The number of nitrogens with one attached hydrogen (secondary N) is 1. The molecule has 0 spiro atoms. The first kappa shape index (κ1) is 18.0. The van der Waals surface area contributed by atoms with Crippen molar-refractivity contribution >= 4 is 6.08 Å². The highest BCUT2D eigenvalue weighted by molar-refractivity contribution is 5.80. The second-order valence-corrected chi connectivity index (χ2v) is 5.65. The molecule has 1 aromatic heterocycles. The van der Waals surface area contributed by atoms with Crippen LogP contribution in [0, 0.1) is 11.3 Å². The Hall–Kier alpha value is -3.78. The first-order valence-electron chi connectivity index (χ1n) is 8.37. The van der Waals surface area contributed by atoms with Crippen molar-refractivity contribution in [1.82, 2.24) is 9.97 Å². The summed E-state index contributed by atoms with van der Waals surface area (Å²) >= 11 is 0. The van der Waals surface area contributed by atoms with Gasteiger partial charge >= 0.3 is 0 Å². The van der Waals surface area contributed by atoms with Gasteiger partial charge in [0.15, 0.2) is 0 Å². The predicted octanol–water partition coefficient (Wildman–Crippen LogP) is 4.85. The van der Waals surface area contributed by atoms with Crippen molar-refractivity contribution in [2.75, 3.05) is 14.2 Å². The van der Waals surface area contributed by atoms with Gasteiger partial charge in [-0.1, -0.05) is 12.2 Å². The highest BCUT2D eigenvalue weighted by Crippen LogP contribution is 2.32. The summed E-state index contributed by atoms with van der Waals surface area (Å²) in [5, 5.41) is 8.58. The van der Waals surface area contributed by atoms with Crippen LogP contribution in [0.2, 0.25) is 0 Å². The average Bonchev–Trinajstić information content (AvgIpc) is 3.15. The van der Waals surface area contributed by atoms with Crippen LogP contribution in [0.1, 0.15) is 5.82 Å². The number of hydrogen-bond donors (Lipinski definition) is 1.